The van der Waals surface area contributed by atoms with E-state index >= 15 is 0 Å². The highest BCUT2D eigenvalue weighted by molar-refractivity contribution is 5.89. The Morgan fingerprint density at radius 3 is 2.88 bits per heavy atom. The van der Waals surface area contributed by atoms with Crippen LogP contribution in [0.2, 0.25) is 0 Å². The molecule has 2 N–H and O–H groups in total. The first-order valence-electron chi connectivity index (χ1n) is 7.46. The molecule has 1 fully saturated rings. The number of esters is 1. The van der Waals surface area contributed by atoms with Crippen LogP contribution >= 0.6 is 0 Å². The molecule has 2 aromatic rings. The van der Waals surface area contributed by atoms with Gasteiger partial charge in [-0.2, -0.15) is 4.98 Å². The molecule has 0 aliphatic carbocycles. The number of hydrogen-bond donors (Lipinski definition) is 1. The third kappa shape index (κ3) is 3.43. The molecular formula is C16H16FN3O4. The van der Waals surface area contributed by atoms with Crippen LogP contribution in [-0.4, -0.2) is 28.2 Å². The first-order chi connectivity index (χ1) is 11.5. The lowest BCUT2D eigenvalue weighted by Gasteiger charge is -2.16. The van der Waals surface area contributed by atoms with Gasteiger partial charge < -0.3 is 15.2 Å². The smallest absolute Gasteiger partial charge is 0.351 e. The van der Waals surface area contributed by atoms with E-state index in [0.29, 0.717) is 18.4 Å². The molecule has 2 unspecified atom stereocenters. The summed E-state index contributed by atoms with van der Waals surface area (Å²) in [7, 11) is 0. The molecule has 0 radical (unpaired) electrons. The van der Waals surface area contributed by atoms with Crippen molar-refractivity contribution in [1.82, 2.24) is 9.55 Å². The van der Waals surface area contributed by atoms with E-state index in [9.17, 15) is 14.0 Å². The summed E-state index contributed by atoms with van der Waals surface area (Å²) in [4.78, 5) is 27.1. The van der Waals surface area contributed by atoms with Gasteiger partial charge in [0.25, 0.3) is 0 Å². The Hall–Kier alpha value is -2.74. The minimum atomic E-state index is -0.780. The van der Waals surface area contributed by atoms with Crippen molar-refractivity contribution in [1.29, 1.82) is 0 Å². The predicted molar refractivity (Wildman–Crippen MR) is 82.7 cm³/mol. The SMILES string of the molecule is Nc1nc(=O)n(C2CCC(COC(=O)c3ccccc3)O2)cc1F. The fourth-order valence-electron chi connectivity index (χ4n) is 2.50. The standard InChI is InChI=1S/C16H16FN3O4/c17-12-8-20(16(22)19-14(12)18)13-7-6-11(24-13)9-23-15(21)10-4-2-1-3-5-10/h1-5,8,11,13H,6-7,9H2,(H2,18,19,22). The number of nitrogens with zero attached hydrogens (tertiary/aromatic N) is 2. The summed E-state index contributed by atoms with van der Waals surface area (Å²) in [6.45, 7) is 0.0594. The average molecular weight is 333 g/mol. The number of rotatable bonds is 4. The van der Waals surface area contributed by atoms with Crippen LogP contribution in [0.4, 0.5) is 10.2 Å². The second-order valence-corrected chi connectivity index (χ2v) is 5.42. The second kappa shape index (κ2) is 6.79. The van der Waals surface area contributed by atoms with E-state index in [1.807, 2.05) is 0 Å². The number of nitrogen functional groups attached to an aromatic ring is 1. The number of halogens is 1. The average Bonchev–Trinajstić information content (AvgIpc) is 3.05. The van der Waals surface area contributed by atoms with Gasteiger partial charge in [-0.05, 0) is 25.0 Å². The summed E-state index contributed by atoms with van der Waals surface area (Å²) in [5.74, 6) is -1.67. The molecule has 2 atom stereocenters. The molecule has 1 saturated heterocycles. The van der Waals surface area contributed by atoms with E-state index in [-0.39, 0.29) is 12.7 Å². The maximum absolute atomic E-state index is 13.5. The van der Waals surface area contributed by atoms with Crippen LogP contribution < -0.4 is 11.4 Å². The zero-order valence-electron chi connectivity index (χ0n) is 12.7. The summed E-state index contributed by atoms with van der Waals surface area (Å²) in [6.07, 6.45) is 1.02. The van der Waals surface area contributed by atoms with Gasteiger partial charge in [0.1, 0.15) is 12.8 Å². The minimum absolute atomic E-state index is 0.0594. The lowest BCUT2D eigenvalue weighted by Crippen LogP contribution is -2.29. The van der Waals surface area contributed by atoms with Crippen molar-refractivity contribution < 1.29 is 18.7 Å². The van der Waals surface area contributed by atoms with E-state index in [1.165, 1.54) is 0 Å². The van der Waals surface area contributed by atoms with Crippen molar-refractivity contribution in [2.45, 2.75) is 25.2 Å². The fraction of sp³-hybridized carbons (Fsp3) is 0.312. The Bertz CT molecular complexity index is 794. The second-order valence-electron chi connectivity index (χ2n) is 5.42. The minimum Gasteiger partial charge on any atom is -0.459 e. The van der Waals surface area contributed by atoms with Crippen molar-refractivity contribution in [3.05, 3.63) is 58.4 Å². The molecule has 24 heavy (non-hydrogen) atoms. The molecule has 1 aliphatic heterocycles. The molecule has 0 bridgehead atoms. The number of carbonyl (C=O) groups excluding carboxylic acids is 1. The van der Waals surface area contributed by atoms with Gasteiger partial charge in [-0.25, -0.2) is 14.0 Å². The van der Waals surface area contributed by atoms with E-state index in [1.54, 1.807) is 30.3 Å². The number of ether oxygens (including phenoxy) is 2. The van der Waals surface area contributed by atoms with Crippen LogP contribution in [0.15, 0.2) is 41.3 Å². The van der Waals surface area contributed by atoms with E-state index in [0.717, 1.165) is 10.8 Å². The largest absolute Gasteiger partial charge is 0.459 e. The number of anilines is 1. The zero-order valence-corrected chi connectivity index (χ0v) is 12.7. The first kappa shape index (κ1) is 16.1. The normalized spacial score (nSPS) is 20.0. The molecular weight excluding hydrogens is 317 g/mol. The monoisotopic (exact) mass is 333 g/mol. The Balaban J connectivity index is 1.59. The van der Waals surface area contributed by atoms with E-state index in [4.69, 9.17) is 15.2 Å². The highest BCUT2D eigenvalue weighted by atomic mass is 19.1. The maximum atomic E-state index is 13.5. The molecule has 0 saturated carbocycles. The Labute approximate surface area is 136 Å². The molecule has 0 spiro atoms. The number of hydrogen-bond acceptors (Lipinski definition) is 6. The Morgan fingerprint density at radius 1 is 1.38 bits per heavy atom. The lowest BCUT2D eigenvalue weighted by atomic mass is 10.2. The van der Waals surface area contributed by atoms with Crippen LogP contribution in [0.3, 0.4) is 0 Å². The maximum Gasteiger partial charge on any atom is 0.351 e. The summed E-state index contributed by atoms with van der Waals surface area (Å²) in [5.41, 5.74) is 5.03. The summed E-state index contributed by atoms with van der Waals surface area (Å²) in [5, 5.41) is 0. The lowest BCUT2D eigenvalue weighted by molar-refractivity contribution is -0.0342. The molecule has 1 aromatic heterocycles. The topological polar surface area (TPSA) is 96.4 Å². The third-order valence-electron chi connectivity index (χ3n) is 3.74. The summed E-state index contributed by atoms with van der Waals surface area (Å²) < 4.78 is 25.4. The van der Waals surface area contributed by atoms with E-state index < -0.39 is 29.5 Å². The highest BCUT2D eigenvalue weighted by Gasteiger charge is 2.29. The van der Waals surface area contributed by atoms with Gasteiger partial charge in [0.05, 0.1) is 17.9 Å². The number of carbonyl (C=O) groups is 1. The third-order valence-corrected chi connectivity index (χ3v) is 3.74. The van der Waals surface area contributed by atoms with Gasteiger partial charge in [0.2, 0.25) is 0 Å². The molecule has 1 aromatic carbocycles. The van der Waals surface area contributed by atoms with Crippen molar-refractivity contribution in [2.75, 3.05) is 12.3 Å². The van der Waals surface area contributed by atoms with Crippen molar-refractivity contribution in [3.63, 3.8) is 0 Å². The molecule has 8 heteroatoms. The molecule has 7 nitrogen and oxygen atoms in total. The Kier molecular flexibility index (Phi) is 4.57. The molecule has 0 amide bonds. The Morgan fingerprint density at radius 2 is 2.12 bits per heavy atom. The highest BCUT2D eigenvalue weighted by Crippen LogP contribution is 2.27. The van der Waals surface area contributed by atoms with E-state index in [2.05, 4.69) is 4.98 Å². The number of benzene rings is 1. The molecule has 2 heterocycles. The van der Waals surface area contributed by atoms with Gasteiger partial charge >= 0.3 is 11.7 Å². The molecule has 126 valence electrons. The van der Waals surface area contributed by atoms with Gasteiger partial charge in [0, 0.05) is 0 Å². The van der Waals surface area contributed by atoms with Gasteiger partial charge in [-0.1, -0.05) is 18.2 Å². The van der Waals surface area contributed by atoms with Crippen LogP contribution in [0.25, 0.3) is 0 Å². The van der Waals surface area contributed by atoms with Crippen molar-refractivity contribution in [3.8, 4) is 0 Å². The first-order valence-corrected chi connectivity index (χ1v) is 7.46. The fourth-order valence-corrected chi connectivity index (χ4v) is 2.50. The molecule has 3 rings (SSSR count). The number of nitrogens with two attached hydrogens (primary N) is 1. The van der Waals surface area contributed by atoms with Crippen LogP contribution in [0, 0.1) is 5.82 Å². The van der Waals surface area contributed by atoms with Gasteiger partial charge in [-0.3, -0.25) is 4.57 Å². The zero-order chi connectivity index (χ0) is 17.1. The summed E-state index contributed by atoms with van der Waals surface area (Å²) in [6, 6.07) is 8.60. The predicted octanol–water partition coefficient (Wildman–Crippen LogP) is 1.50. The quantitative estimate of drug-likeness (QED) is 0.852. The van der Waals surface area contributed by atoms with Gasteiger partial charge in [0.15, 0.2) is 11.6 Å². The van der Waals surface area contributed by atoms with Gasteiger partial charge in [-0.15, -0.1) is 0 Å². The van der Waals surface area contributed by atoms with Crippen LogP contribution in [-0.2, 0) is 9.47 Å². The molecule has 1 aliphatic rings. The summed E-state index contributed by atoms with van der Waals surface area (Å²) >= 11 is 0. The van der Waals surface area contributed by atoms with Crippen molar-refractivity contribution in [2.24, 2.45) is 0 Å². The van der Waals surface area contributed by atoms with Crippen LogP contribution in [0.1, 0.15) is 29.4 Å². The van der Waals surface area contributed by atoms with Crippen LogP contribution in [0.5, 0.6) is 0 Å². The number of aromatic nitrogens is 2. The van der Waals surface area contributed by atoms with Crippen molar-refractivity contribution >= 4 is 11.8 Å².